The first-order chi connectivity index (χ1) is 2.64. The van der Waals surface area contributed by atoms with Crippen molar-refractivity contribution in [3.8, 4) is 0 Å². The van der Waals surface area contributed by atoms with Crippen molar-refractivity contribution in [2.45, 2.75) is 0 Å². The number of hydrogen-bond acceptors (Lipinski definition) is 4. The van der Waals surface area contributed by atoms with Crippen molar-refractivity contribution in [1.29, 1.82) is 0 Å². The quantitative estimate of drug-likeness (QED) is 0.323. The van der Waals surface area contributed by atoms with Gasteiger partial charge < -0.3 is 69.4 Å². The van der Waals surface area contributed by atoms with Crippen LogP contribution in [0.3, 0.4) is 0 Å². The van der Waals surface area contributed by atoms with Gasteiger partial charge >= 0.3 is 51.4 Å². The number of carboxylic acid groups (broad SMARTS) is 2. The van der Waals surface area contributed by atoms with Gasteiger partial charge in [-0.1, -0.05) is 0 Å². The molecule has 0 aliphatic carbocycles. The summed E-state index contributed by atoms with van der Waals surface area (Å²) in [4.78, 5) is 17.9. The largest absolute Gasteiger partial charge is 1.00 e. The van der Waals surface area contributed by atoms with E-state index in [9.17, 15) is 0 Å². The molecule has 0 radical (unpaired) electrons. The molecule has 0 aromatic carbocycles. The van der Waals surface area contributed by atoms with Gasteiger partial charge in [0.25, 0.3) is 0 Å². The SMILES string of the molecule is O=C([O-])C(=O)[O-].[Cl-].[Cl-].[Cl-].[Cl-].[K+]. The number of halogens is 4. The van der Waals surface area contributed by atoms with Crippen LogP contribution >= 0.6 is 0 Å². The zero-order valence-corrected chi connectivity index (χ0v) is 11.3. The molecule has 0 heterocycles. The Labute approximate surface area is 131 Å². The third kappa shape index (κ3) is 33.8. The van der Waals surface area contributed by atoms with E-state index in [4.69, 9.17) is 19.8 Å². The number of carbonyl (C=O) groups is 2. The molecule has 9 heteroatoms. The van der Waals surface area contributed by atoms with Gasteiger partial charge in [0.15, 0.2) is 0 Å². The molecule has 0 saturated heterocycles. The summed E-state index contributed by atoms with van der Waals surface area (Å²) < 4.78 is 0. The van der Waals surface area contributed by atoms with Crippen LogP contribution in [-0.4, -0.2) is 11.9 Å². The van der Waals surface area contributed by atoms with Gasteiger partial charge in [-0.05, 0) is 0 Å². The summed E-state index contributed by atoms with van der Waals surface area (Å²) in [6.07, 6.45) is 0. The van der Waals surface area contributed by atoms with Crippen molar-refractivity contribution in [2.24, 2.45) is 0 Å². The van der Waals surface area contributed by atoms with Crippen LogP contribution in [0.1, 0.15) is 0 Å². The van der Waals surface area contributed by atoms with Gasteiger partial charge in [-0.15, -0.1) is 0 Å². The van der Waals surface area contributed by atoms with Gasteiger partial charge in [-0.3, -0.25) is 0 Å². The van der Waals surface area contributed by atoms with Gasteiger partial charge in [0, 0.05) is 0 Å². The smallest absolute Gasteiger partial charge is 1.00 e. The van der Waals surface area contributed by atoms with Crippen LogP contribution in [-0.2, 0) is 9.59 Å². The Morgan fingerprint density at radius 2 is 0.818 bits per heavy atom. The van der Waals surface area contributed by atoms with Crippen LogP contribution in [0.25, 0.3) is 0 Å². The standard InChI is InChI=1S/C2H2O4.4ClH.K/c3-1(4)2(5)6;;;;;/h(H,3,4)(H,5,6);4*1H;/q;;;;;+1/p-6. The monoisotopic (exact) mass is 267 g/mol. The Hall–Kier alpha value is 1.74. The van der Waals surface area contributed by atoms with Crippen molar-refractivity contribution in [1.82, 2.24) is 0 Å². The van der Waals surface area contributed by atoms with Crippen LogP contribution in [0.2, 0.25) is 0 Å². The fourth-order valence-electron chi connectivity index (χ4n) is 0. The van der Waals surface area contributed by atoms with E-state index in [-0.39, 0.29) is 101 Å². The number of carbonyl (C=O) groups excluding carboxylic acids is 2. The van der Waals surface area contributed by atoms with Gasteiger partial charge in [-0.25, -0.2) is 0 Å². The van der Waals surface area contributed by atoms with Crippen LogP contribution in [0.15, 0.2) is 0 Å². The molecule has 0 aliphatic rings. The molecule has 0 saturated carbocycles. The maximum absolute atomic E-state index is 8.93. The van der Waals surface area contributed by atoms with E-state index in [0.29, 0.717) is 0 Å². The Bertz CT molecular complexity index is 86.1. The van der Waals surface area contributed by atoms with Crippen molar-refractivity contribution < 1.29 is 121 Å². The minimum Gasteiger partial charge on any atom is -1.00 e. The average Bonchev–Trinajstić information content (AvgIpc) is 1.36. The predicted octanol–water partition coefficient (Wildman–Crippen LogP) is -18.5. The van der Waals surface area contributed by atoms with E-state index in [0.717, 1.165) is 0 Å². The van der Waals surface area contributed by atoms with Crippen molar-refractivity contribution in [2.75, 3.05) is 0 Å². The Kier molecular flexibility index (Phi) is 79.4. The molecule has 0 aliphatic heterocycles. The summed E-state index contributed by atoms with van der Waals surface area (Å²) in [5.41, 5.74) is 0. The van der Waals surface area contributed by atoms with Gasteiger partial charge in [0.2, 0.25) is 0 Å². The molecule has 0 spiro atoms. The Morgan fingerprint density at radius 3 is 0.818 bits per heavy atom. The maximum Gasteiger partial charge on any atom is 1.00 e. The minimum atomic E-state index is -2.19. The first kappa shape index (κ1) is 38.7. The Balaban J connectivity index is -0.0000000125. The molecule has 0 N–H and O–H groups in total. The van der Waals surface area contributed by atoms with Gasteiger partial charge in [0.05, 0.1) is 11.9 Å². The van der Waals surface area contributed by atoms with Crippen molar-refractivity contribution in [3.05, 3.63) is 0 Å². The third-order valence-electron chi connectivity index (χ3n) is 0.167. The van der Waals surface area contributed by atoms with E-state index in [1.807, 2.05) is 0 Å². The zero-order chi connectivity index (χ0) is 5.15. The fraction of sp³-hybridized carbons (Fsp3) is 0. The molecule has 0 aromatic heterocycles. The first-order valence-electron chi connectivity index (χ1n) is 1.07. The third-order valence-corrected chi connectivity index (χ3v) is 0.167. The number of rotatable bonds is 0. The molecule has 11 heavy (non-hydrogen) atoms. The molecule has 0 rings (SSSR count). The molecule has 0 fully saturated rings. The summed E-state index contributed by atoms with van der Waals surface area (Å²) in [5.74, 6) is -4.37. The van der Waals surface area contributed by atoms with Gasteiger partial charge in [0.1, 0.15) is 0 Å². The molecule has 0 bridgehead atoms. The van der Waals surface area contributed by atoms with E-state index in [1.54, 1.807) is 0 Å². The molecule has 0 aromatic rings. The van der Waals surface area contributed by atoms with E-state index in [1.165, 1.54) is 0 Å². The van der Waals surface area contributed by atoms with Crippen molar-refractivity contribution >= 4 is 11.9 Å². The predicted molar refractivity (Wildman–Crippen MR) is 10.0 cm³/mol. The topological polar surface area (TPSA) is 80.3 Å². The summed E-state index contributed by atoms with van der Waals surface area (Å²) in [7, 11) is 0. The molecular weight excluding hydrogens is 269 g/mol. The number of carboxylic acids is 2. The zero-order valence-electron chi connectivity index (χ0n) is 5.14. The number of hydrogen-bond donors (Lipinski definition) is 0. The van der Waals surface area contributed by atoms with Crippen LogP contribution in [0.5, 0.6) is 0 Å². The second kappa shape index (κ2) is 22.6. The molecule has 0 atom stereocenters. The maximum atomic E-state index is 8.93. The Morgan fingerprint density at radius 1 is 0.727 bits per heavy atom. The van der Waals surface area contributed by atoms with E-state index in [2.05, 4.69) is 0 Å². The van der Waals surface area contributed by atoms with E-state index < -0.39 is 11.9 Å². The van der Waals surface area contributed by atoms with Crippen LogP contribution in [0.4, 0.5) is 0 Å². The molecule has 0 amide bonds. The summed E-state index contributed by atoms with van der Waals surface area (Å²) in [5, 5.41) is 17.9. The summed E-state index contributed by atoms with van der Waals surface area (Å²) in [6.45, 7) is 0. The molecular formula is C2Cl4KO4-5. The second-order valence-electron chi connectivity index (χ2n) is 0.575. The van der Waals surface area contributed by atoms with Crippen molar-refractivity contribution in [3.63, 3.8) is 0 Å². The van der Waals surface area contributed by atoms with Crippen LogP contribution < -0.4 is 111 Å². The van der Waals surface area contributed by atoms with Crippen LogP contribution in [0, 0.1) is 0 Å². The summed E-state index contributed by atoms with van der Waals surface area (Å²) >= 11 is 0. The first-order valence-corrected chi connectivity index (χ1v) is 1.07. The normalized spacial score (nSPS) is 4.00. The van der Waals surface area contributed by atoms with Gasteiger partial charge in [-0.2, -0.15) is 0 Å². The second-order valence-corrected chi connectivity index (χ2v) is 0.575. The summed E-state index contributed by atoms with van der Waals surface area (Å²) in [6, 6.07) is 0. The molecule has 4 nitrogen and oxygen atoms in total. The minimum absolute atomic E-state index is 0. The number of aliphatic carboxylic acids is 2. The molecule has 66 valence electrons. The average molecular weight is 269 g/mol. The van der Waals surface area contributed by atoms with E-state index >= 15 is 0 Å². The fourth-order valence-corrected chi connectivity index (χ4v) is 0. The molecule has 0 unspecified atom stereocenters.